The molecule has 110 valence electrons. The minimum absolute atomic E-state index is 0.0584. The first-order chi connectivity index (χ1) is 9.24. The molecule has 0 heterocycles. The molecule has 0 aromatic carbocycles. The maximum Gasteiger partial charge on any atom is 0.188 e. The summed E-state index contributed by atoms with van der Waals surface area (Å²) in [4.78, 5) is 4.54. The van der Waals surface area contributed by atoms with Crippen molar-refractivity contribution in [1.29, 1.82) is 0 Å². The molecule has 0 unspecified atom stereocenters. The van der Waals surface area contributed by atoms with Crippen LogP contribution in [0.1, 0.15) is 64.2 Å². The van der Waals surface area contributed by atoms with Crippen LogP contribution in [0.25, 0.3) is 0 Å². The standard InChI is InChI=1S/C15H29N3O/c1-19-15(10-6-3-7-11-15)12-17-14(16)18-13-8-4-2-5-9-13/h13H,2-12H2,1H3,(H3,16,17,18). The molecule has 3 N–H and O–H groups in total. The highest BCUT2D eigenvalue weighted by Gasteiger charge is 2.31. The predicted octanol–water partition coefficient (Wildman–Crippen LogP) is 2.57. The Morgan fingerprint density at radius 2 is 1.79 bits per heavy atom. The van der Waals surface area contributed by atoms with Crippen LogP contribution in [-0.2, 0) is 4.74 Å². The van der Waals surface area contributed by atoms with Gasteiger partial charge in [-0.05, 0) is 25.7 Å². The van der Waals surface area contributed by atoms with Crippen LogP contribution in [0.3, 0.4) is 0 Å². The second-order valence-corrected chi connectivity index (χ2v) is 6.13. The molecule has 0 aliphatic heterocycles. The highest BCUT2D eigenvalue weighted by molar-refractivity contribution is 5.78. The molecule has 4 nitrogen and oxygen atoms in total. The van der Waals surface area contributed by atoms with Gasteiger partial charge in [0.25, 0.3) is 0 Å². The van der Waals surface area contributed by atoms with E-state index in [4.69, 9.17) is 10.5 Å². The minimum atomic E-state index is -0.0584. The van der Waals surface area contributed by atoms with Gasteiger partial charge in [-0.3, -0.25) is 4.99 Å². The molecule has 0 radical (unpaired) electrons. The number of hydrogen-bond donors (Lipinski definition) is 2. The maximum absolute atomic E-state index is 6.02. The number of nitrogens with two attached hydrogens (primary N) is 1. The van der Waals surface area contributed by atoms with Crippen LogP contribution in [0.15, 0.2) is 4.99 Å². The monoisotopic (exact) mass is 267 g/mol. The Kier molecular flexibility index (Phi) is 5.49. The Bertz CT molecular complexity index is 292. The molecular weight excluding hydrogens is 238 g/mol. The molecule has 0 bridgehead atoms. The van der Waals surface area contributed by atoms with Crippen molar-refractivity contribution in [2.75, 3.05) is 13.7 Å². The number of methoxy groups -OCH3 is 1. The molecule has 2 rings (SSSR count). The summed E-state index contributed by atoms with van der Waals surface area (Å²) in [6.45, 7) is 0.703. The lowest BCUT2D eigenvalue weighted by Gasteiger charge is -2.34. The van der Waals surface area contributed by atoms with E-state index in [0.29, 0.717) is 18.5 Å². The molecule has 19 heavy (non-hydrogen) atoms. The fourth-order valence-corrected chi connectivity index (χ4v) is 3.35. The first-order valence-corrected chi connectivity index (χ1v) is 7.86. The van der Waals surface area contributed by atoms with Gasteiger partial charge in [-0.25, -0.2) is 0 Å². The van der Waals surface area contributed by atoms with Crippen LogP contribution in [-0.4, -0.2) is 31.3 Å². The van der Waals surface area contributed by atoms with Gasteiger partial charge in [0.1, 0.15) is 0 Å². The molecule has 0 aromatic heterocycles. The molecule has 0 atom stereocenters. The first kappa shape index (κ1) is 14.6. The van der Waals surface area contributed by atoms with Gasteiger partial charge in [0.2, 0.25) is 0 Å². The van der Waals surface area contributed by atoms with Crippen molar-refractivity contribution in [3.63, 3.8) is 0 Å². The molecule has 0 aromatic rings. The van der Waals surface area contributed by atoms with Crippen molar-refractivity contribution < 1.29 is 4.74 Å². The second-order valence-electron chi connectivity index (χ2n) is 6.13. The first-order valence-electron chi connectivity index (χ1n) is 7.86. The van der Waals surface area contributed by atoms with E-state index in [9.17, 15) is 0 Å². The maximum atomic E-state index is 6.02. The summed E-state index contributed by atoms with van der Waals surface area (Å²) in [5.74, 6) is 0.605. The van der Waals surface area contributed by atoms with E-state index in [0.717, 1.165) is 12.8 Å². The number of aliphatic imine (C=N–C) groups is 1. The summed E-state index contributed by atoms with van der Waals surface area (Å²) < 4.78 is 5.73. The topological polar surface area (TPSA) is 59.6 Å². The van der Waals surface area contributed by atoms with E-state index >= 15 is 0 Å². The van der Waals surface area contributed by atoms with E-state index in [1.165, 1.54) is 51.4 Å². The zero-order chi connectivity index (χ0) is 13.6. The quantitative estimate of drug-likeness (QED) is 0.608. The summed E-state index contributed by atoms with van der Waals surface area (Å²) in [6.07, 6.45) is 12.5. The highest BCUT2D eigenvalue weighted by atomic mass is 16.5. The smallest absolute Gasteiger partial charge is 0.188 e. The van der Waals surface area contributed by atoms with Crippen LogP contribution in [0, 0.1) is 0 Å². The van der Waals surface area contributed by atoms with Crippen LogP contribution in [0.5, 0.6) is 0 Å². The van der Waals surface area contributed by atoms with Crippen molar-refractivity contribution in [1.82, 2.24) is 5.32 Å². The third-order valence-corrected chi connectivity index (χ3v) is 4.69. The lowest BCUT2D eigenvalue weighted by Crippen LogP contribution is -2.43. The average molecular weight is 267 g/mol. The van der Waals surface area contributed by atoms with E-state index in [-0.39, 0.29) is 5.60 Å². The fourth-order valence-electron chi connectivity index (χ4n) is 3.35. The van der Waals surface area contributed by atoms with Crippen LogP contribution in [0.2, 0.25) is 0 Å². The van der Waals surface area contributed by atoms with Gasteiger partial charge in [0, 0.05) is 13.2 Å². The van der Waals surface area contributed by atoms with E-state index < -0.39 is 0 Å². The summed E-state index contributed by atoms with van der Waals surface area (Å²) >= 11 is 0. The number of nitrogens with zero attached hydrogens (tertiary/aromatic N) is 1. The molecule has 2 fully saturated rings. The molecule has 2 aliphatic rings. The van der Waals surface area contributed by atoms with E-state index in [1.54, 1.807) is 0 Å². The Morgan fingerprint density at radius 1 is 1.16 bits per heavy atom. The number of guanidine groups is 1. The number of nitrogens with one attached hydrogen (secondary N) is 1. The van der Waals surface area contributed by atoms with Crippen molar-refractivity contribution in [3.05, 3.63) is 0 Å². The average Bonchev–Trinajstić information content (AvgIpc) is 2.47. The van der Waals surface area contributed by atoms with E-state index in [2.05, 4.69) is 10.3 Å². The molecular formula is C15H29N3O. The van der Waals surface area contributed by atoms with Crippen molar-refractivity contribution in [3.8, 4) is 0 Å². The Morgan fingerprint density at radius 3 is 2.42 bits per heavy atom. The van der Waals surface area contributed by atoms with Crippen molar-refractivity contribution in [2.24, 2.45) is 10.7 Å². The zero-order valence-corrected chi connectivity index (χ0v) is 12.3. The van der Waals surface area contributed by atoms with Crippen molar-refractivity contribution in [2.45, 2.75) is 75.9 Å². The Balaban J connectivity index is 1.81. The number of rotatable bonds is 4. The van der Waals surface area contributed by atoms with Gasteiger partial charge in [-0.15, -0.1) is 0 Å². The largest absolute Gasteiger partial charge is 0.376 e. The Hall–Kier alpha value is -0.770. The third kappa shape index (κ3) is 4.37. The summed E-state index contributed by atoms with van der Waals surface area (Å²) in [5, 5.41) is 3.37. The number of hydrogen-bond acceptors (Lipinski definition) is 2. The summed E-state index contributed by atoms with van der Waals surface area (Å²) in [7, 11) is 1.81. The predicted molar refractivity (Wildman–Crippen MR) is 79.3 cm³/mol. The molecule has 0 amide bonds. The molecule has 4 heteroatoms. The van der Waals surface area contributed by atoms with E-state index in [1.807, 2.05) is 7.11 Å². The number of ether oxygens (including phenoxy) is 1. The summed E-state index contributed by atoms with van der Waals surface area (Å²) in [6, 6.07) is 0.530. The lowest BCUT2D eigenvalue weighted by molar-refractivity contribution is -0.0308. The van der Waals surface area contributed by atoms with Gasteiger partial charge in [0.05, 0.1) is 12.1 Å². The van der Waals surface area contributed by atoms with Crippen LogP contribution < -0.4 is 11.1 Å². The van der Waals surface area contributed by atoms with Gasteiger partial charge in [0.15, 0.2) is 5.96 Å². The van der Waals surface area contributed by atoms with Crippen molar-refractivity contribution >= 4 is 5.96 Å². The third-order valence-electron chi connectivity index (χ3n) is 4.69. The molecule has 2 saturated carbocycles. The highest BCUT2D eigenvalue weighted by Crippen LogP contribution is 2.31. The van der Waals surface area contributed by atoms with Gasteiger partial charge < -0.3 is 15.8 Å². The van der Waals surface area contributed by atoms with Gasteiger partial charge in [-0.1, -0.05) is 38.5 Å². The van der Waals surface area contributed by atoms with Gasteiger partial charge in [-0.2, -0.15) is 0 Å². The lowest BCUT2D eigenvalue weighted by atomic mass is 9.85. The molecule has 2 aliphatic carbocycles. The zero-order valence-electron chi connectivity index (χ0n) is 12.3. The minimum Gasteiger partial charge on any atom is -0.376 e. The molecule has 0 saturated heterocycles. The SMILES string of the molecule is COC1(CN=C(N)NC2CCCCC2)CCCCC1. The second kappa shape index (κ2) is 7.13. The molecule has 0 spiro atoms. The van der Waals surface area contributed by atoms with Crippen LogP contribution >= 0.6 is 0 Å². The van der Waals surface area contributed by atoms with Crippen LogP contribution in [0.4, 0.5) is 0 Å². The Labute approximate surface area is 117 Å². The normalized spacial score (nSPS) is 25.2. The fraction of sp³-hybridized carbons (Fsp3) is 0.933. The summed E-state index contributed by atoms with van der Waals surface area (Å²) in [5.41, 5.74) is 5.96. The van der Waals surface area contributed by atoms with Gasteiger partial charge >= 0.3 is 0 Å².